The van der Waals surface area contributed by atoms with Gasteiger partial charge < -0.3 is 9.32 Å². The number of anilines is 3. The molecule has 0 aliphatic carbocycles. The molecule has 0 radical (unpaired) electrons. The van der Waals surface area contributed by atoms with E-state index in [0.717, 1.165) is 33.6 Å². The predicted octanol–water partition coefficient (Wildman–Crippen LogP) is 9.88. The normalized spacial score (nSPS) is 11.3. The van der Waals surface area contributed by atoms with Gasteiger partial charge in [0.2, 0.25) is 0 Å². The highest BCUT2D eigenvalue weighted by atomic mass is 16.3. The van der Waals surface area contributed by atoms with Crippen molar-refractivity contribution in [1.82, 2.24) is 0 Å². The van der Waals surface area contributed by atoms with Crippen LogP contribution in [0, 0.1) is 0 Å². The van der Waals surface area contributed by atoms with Gasteiger partial charge in [0.05, 0.1) is 0 Å². The second-order valence-corrected chi connectivity index (χ2v) is 9.03. The minimum absolute atomic E-state index is 0.927. The van der Waals surface area contributed by atoms with Crippen molar-refractivity contribution in [2.45, 2.75) is 0 Å². The zero-order valence-corrected chi connectivity index (χ0v) is 19.6. The number of furan rings is 1. The van der Waals surface area contributed by atoms with Gasteiger partial charge in [0.25, 0.3) is 0 Å². The number of hydrogen-bond acceptors (Lipinski definition) is 2. The zero-order valence-electron chi connectivity index (χ0n) is 19.6. The van der Waals surface area contributed by atoms with Crippen molar-refractivity contribution < 1.29 is 4.42 Å². The van der Waals surface area contributed by atoms with Gasteiger partial charge in [-0.2, -0.15) is 0 Å². The van der Waals surface area contributed by atoms with Crippen LogP contribution in [0.25, 0.3) is 43.8 Å². The van der Waals surface area contributed by atoms with Gasteiger partial charge >= 0.3 is 0 Å². The Morgan fingerprint density at radius 3 is 1.72 bits per heavy atom. The molecule has 0 atom stereocenters. The van der Waals surface area contributed by atoms with Gasteiger partial charge in [-0.25, -0.2) is 0 Å². The Morgan fingerprint density at radius 1 is 0.417 bits per heavy atom. The van der Waals surface area contributed by atoms with E-state index in [2.05, 4.69) is 132 Å². The summed E-state index contributed by atoms with van der Waals surface area (Å²) in [5, 5.41) is 4.77. The van der Waals surface area contributed by atoms with E-state index in [1.54, 1.807) is 0 Å². The Hall–Kier alpha value is -4.82. The molecule has 1 heterocycles. The number of hydrogen-bond donors (Lipinski definition) is 0. The van der Waals surface area contributed by atoms with Gasteiger partial charge in [0, 0.05) is 27.8 Å². The van der Waals surface area contributed by atoms with Crippen LogP contribution in [-0.4, -0.2) is 0 Å². The summed E-state index contributed by atoms with van der Waals surface area (Å²) in [4.78, 5) is 2.28. The molecule has 6 aromatic carbocycles. The standard InChI is InChI=1S/C34H23NO/c1-3-9-27(10-4-1)35(28-11-5-2-6-12-28)29-20-17-24(18-21-29)26-16-15-25-19-22-33-34(31(25)23-26)30-13-7-8-14-32(30)36-33/h1-23H. The summed E-state index contributed by atoms with van der Waals surface area (Å²) in [7, 11) is 0. The average molecular weight is 462 g/mol. The van der Waals surface area contributed by atoms with Crippen LogP contribution in [0.5, 0.6) is 0 Å². The van der Waals surface area contributed by atoms with Gasteiger partial charge in [0.1, 0.15) is 11.2 Å². The minimum Gasteiger partial charge on any atom is -0.456 e. The zero-order chi connectivity index (χ0) is 23.9. The monoisotopic (exact) mass is 461 g/mol. The van der Waals surface area contributed by atoms with Gasteiger partial charge in [0.15, 0.2) is 0 Å². The molecule has 2 nitrogen and oxygen atoms in total. The largest absolute Gasteiger partial charge is 0.456 e. The number of para-hydroxylation sites is 3. The van der Waals surface area contributed by atoms with Crippen LogP contribution in [0.3, 0.4) is 0 Å². The van der Waals surface area contributed by atoms with Crippen LogP contribution in [0.2, 0.25) is 0 Å². The first-order valence-electron chi connectivity index (χ1n) is 12.2. The highest BCUT2D eigenvalue weighted by Gasteiger charge is 2.13. The minimum atomic E-state index is 0.927. The first-order valence-corrected chi connectivity index (χ1v) is 12.2. The lowest BCUT2D eigenvalue weighted by Gasteiger charge is -2.25. The summed E-state index contributed by atoms with van der Waals surface area (Å²) < 4.78 is 6.13. The molecule has 7 aromatic rings. The molecule has 170 valence electrons. The third-order valence-corrected chi connectivity index (χ3v) is 6.85. The summed E-state index contributed by atoms with van der Waals surface area (Å²) in [5.41, 5.74) is 7.63. The molecule has 0 aliphatic rings. The Kier molecular flexibility index (Phi) is 4.82. The molecule has 0 amide bonds. The van der Waals surface area contributed by atoms with Crippen LogP contribution >= 0.6 is 0 Å². The molecule has 1 aromatic heterocycles. The number of benzene rings is 6. The summed E-state index contributed by atoms with van der Waals surface area (Å²) in [6.45, 7) is 0. The molecule has 0 bridgehead atoms. The van der Waals surface area contributed by atoms with Crippen molar-refractivity contribution in [1.29, 1.82) is 0 Å². The van der Waals surface area contributed by atoms with E-state index in [9.17, 15) is 0 Å². The summed E-state index contributed by atoms with van der Waals surface area (Å²) in [6.07, 6.45) is 0. The smallest absolute Gasteiger partial charge is 0.136 e. The average Bonchev–Trinajstić information content (AvgIpc) is 3.34. The molecule has 0 fully saturated rings. The molecule has 0 spiro atoms. The van der Waals surface area contributed by atoms with Crippen molar-refractivity contribution in [3.8, 4) is 11.1 Å². The van der Waals surface area contributed by atoms with Crippen molar-refractivity contribution in [3.63, 3.8) is 0 Å². The molecule has 2 heteroatoms. The van der Waals surface area contributed by atoms with E-state index in [0.29, 0.717) is 0 Å². The van der Waals surface area contributed by atoms with E-state index in [4.69, 9.17) is 4.42 Å². The second-order valence-electron chi connectivity index (χ2n) is 9.03. The second kappa shape index (κ2) is 8.44. The van der Waals surface area contributed by atoms with Gasteiger partial charge in [-0.1, -0.05) is 84.9 Å². The fourth-order valence-corrected chi connectivity index (χ4v) is 5.13. The summed E-state index contributed by atoms with van der Waals surface area (Å²) in [5.74, 6) is 0. The first-order chi connectivity index (χ1) is 17.8. The highest BCUT2D eigenvalue weighted by molar-refractivity contribution is 6.19. The topological polar surface area (TPSA) is 16.4 Å². The maximum atomic E-state index is 6.13. The SMILES string of the molecule is c1ccc(N(c2ccccc2)c2ccc(-c3ccc4ccc5oc6ccccc6c5c4c3)cc2)cc1. The van der Waals surface area contributed by atoms with Gasteiger partial charge in [-0.05, 0) is 76.5 Å². The van der Waals surface area contributed by atoms with E-state index < -0.39 is 0 Å². The molecule has 0 unspecified atom stereocenters. The number of fused-ring (bicyclic) bond motifs is 5. The van der Waals surface area contributed by atoms with Gasteiger partial charge in [-0.3, -0.25) is 0 Å². The maximum absolute atomic E-state index is 6.13. The van der Waals surface area contributed by atoms with Crippen LogP contribution in [-0.2, 0) is 0 Å². The Labute approximate surface area is 209 Å². The van der Waals surface area contributed by atoms with Crippen molar-refractivity contribution in [3.05, 3.63) is 140 Å². The molecular formula is C34H23NO. The van der Waals surface area contributed by atoms with Crippen LogP contribution in [0.4, 0.5) is 17.1 Å². The Morgan fingerprint density at radius 2 is 1.00 bits per heavy atom. The molecule has 0 saturated carbocycles. The third-order valence-electron chi connectivity index (χ3n) is 6.85. The van der Waals surface area contributed by atoms with Crippen molar-refractivity contribution in [2.24, 2.45) is 0 Å². The molecule has 0 saturated heterocycles. The lowest BCUT2D eigenvalue weighted by molar-refractivity contribution is 0.669. The van der Waals surface area contributed by atoms with E-state index >= 15 is 0 Å². The lowest BCUT2D eigenvalue weighted by atomic mass is 9.98. The van der Waals surface area contributed by atoms with E-state index in [1.807, 2.05) is 12.1 Å². The number of rotatable bonds is 4. The molecule has 0 aliphatic heterocycles. The van der Waals surface area contributed by atoms with Crippen LogP contribution in [0.1, 0.15) is 0 Å². The molecular weight excluding hydrogens is 438 g/mol. The summed E-state index contributed by atoms with van der Waals surface area (Å²) >= 11 is 0. The predicted molar refractivity (Wildman–Crippen MR) is 151 cm³/mol. The Balaban J connectivity index is 1.33. The third kappa shape index (κ3) is 3.43. The van der Waals surface area contributed by atoms with E-state index in [1.165, 1.54) is 27.3 Å². The molecule has 0 N–H and O–H groups in total. The maximum Gasteiger partial charge on any atom is 0.136 e. The van der Waals surface area contributed by atoms with Crippen molar-refractivity contribution in [2.75, 3.05) is 4.90 Å². The fourth-order valence-electron chi connectivity index (χ4n) is 5.13. The van der Waals surface area contributed by atoms with Crippen LogP contribution < -0.4 is 4.90 Å². The van der Waals surface area contributed by atoms with Gasteiger partial charge in [-0.15, -0.1) is 0 Å². The van der Waals surface area contributed by atoms with Crippen LogP contribution in [0.15, 0.2) is 144 Å². The fraction of sp³-hybridized carbons (Fsp3) is 0. The molecule has 7 rings (SSSR count). The highest BCUT2D eigenvalue weighted by Crippen LogP contribution is 2.38. The molecule has 36 heavy (non-hydrogen) atoms. The van der Waals surface area contributed by atoms with E-state index in [-0.39, 0.29) is 0 Å². The lowest BCUT2D eigenvalue weighted by Crippen LogP contribution is -2.09. The number of nitrogens with zero attached hydrogens (tertiary/aromatic N) is 1. The van der Waals surface area contributed by atoms with Crippen molar-refractivity contribution >= 4 is 49.8 Å². The summed E-state index contributed by atoms with van der Waals surface area (Å²) in [6, 6.07) is 49.0. The Bertz CT molecular complexity index is 1780. The quantitative estimate of drug-likeness (QED) is 0.259. The first kappa shape index (κ1) is 20.5.